The number of thiazole rings is 1. The molecule has 2 heterocycles. The van der Waals surface area contributed by atoms with E-state index in [0.717, 1.165) is 21.1 Å². The molecule has 8 heteroatoms. The monoisotopic (exact) mass is 348 g/mol. The molecule has 0 aliphatic carbocycles. The fourth-order valence-corrected chi connectivity index (χ4v) is 3.31. The first-order chi connectivity index (χ1) is 11.1. The highest BCUT2D eigenvalue weighted by Crippen LogP contribution is 2.11. The number of nitrogens with zero attached hydrogens (tertiary/aromatic N) is 2. The van der Waals surface area contributed by atoms with Gasteiger partial charge in [0.25, 0.3) is 0 Å². The molecule has 23 heavy (non-hydrogen) atoms. The predicted octanol–water partition coefficient (Wildman–Crippen LogP) is 2.13. The van der Waals surface area contributed by atoms with Crippen LogP contribution in [0.4, 0.5) is 4.79 Å². The Balaban J connectivity index is 1.47. The Kier molecular flexibility index (Phi) is 4.73. The topological polar surface area (TPSA) is 75.5 Å². The van der Waals surface area contributed by atoms with Gasteiger partial charge in [0.1, 0.15) is 0 Å². The van der Waals surface area contributed by atoms with E-state index in [4.69, 9.17) is 0 Å². The highest BCUT2D eigenvalue weighted by atomic mass is 32.2. The third-order valence-corrected chi connectivity index (χ3v) is 4.99. The number of benzene rings is 1. The molecule has 6 nitrogen and oxygen atoms in total. The first kappa shape index (κ1) is 15.7. The summed E-state index contributed by atoms with van der Waals surface area (Å²) in [5.74, 6) is 0. The van der Waals surface area contributed by atoms with Crippen molar-refractivity contribution < 1.29 is 9.00 Å². The Morgan fingerprint density at radius 2 is 2.00 bits per heavy atom. The number of carbonyl (C=O) groups excluding carboxylic acids is 1. The number of hydrogen-bond acceptors (Lipinski definition) is 4. The molecule has 3 aromatic rings. The fourth-order valence-electron chi connectivity index (χ4n) is 2.08. The third-order valence-electron chi connectivity index (χ3n) is 3.28. The van der Waals surface area contributed by atoms with Crippen molar-refractivity contribution in [3.8, 4) is 0 Å². The summed E-state index contributed by atoms with van der Waals surface area (Å²) in [6, 6.07) is 7.09. The van der Waals surface area contributed by atoms with E-state index in [1.807, 2.05) is 46.4 Å². The number of urea groups is 1. The van der Waals surface area contributed by atoms with Gasteiger partial charge >= 0.3 is 6.03 Å². The Labute approximate surface area is 140 Å². The summed E-state index contributed by atoms with van der Waals surface area (Å²) in [5.41, 5.74) is 1.78. The van der Waals surface area contributed by atoms with Crippen LogP contribution in [0.3, 0.4) is 0 Å². The van der Waals surface area contributed by atoms with Crippen molar-refractivity contribution in [2.45, 2.75) is 18.0 Å². The molecule has 0 radical (unpaired) electrons. The fraction of sp³-hybridized carbons (Fsp3) is 0.200. The Hall–Kier alpha value is -2.19. The van der Waals surface area contributed by atoms with Crippen molar-refractivity contribution in [1.29, 1.82) is 0 Å². The molecule has 0 fully saturated rings. The molecule has 2 aromatic heterocycles. The lowest BCUT2D eigenvalue weighted by Gasteiger charge is -2.07. The SMILES string of the molecule is C[S@](=O)c1ccc(CNC(=O)NCc2cn3ccsc3n2)cc1. The maximum absolute atomic E-state index is 11.8. The molecule has 0 unspecified atom stereocenters. The molecule has 0 bridgehead atoms. The van der Waals surface area contributed by atoms with Crippen LogP contribution < -0.4 is 10.6 Å². The van der Waals surface area contributed by atoms with E-state index in [2.05, 4.69) is 15.6 Å². The molecule has 2 N–H and O–H groups in total. The van der Waals surface area contributed by atoms with E-state index in [-0.39, 0.29) is 6.03 Å². The molecular weight excluding hydrogens is 332 g/mol. The lowest BCUT2D eigenvalue weighted by atomic mass is 10.2. The zero-order valence-electron chi connectivity index (χ0n) is 12.5. The van der Waals surface area contributed by atoms with Gasteiger partial charge in [-0.05, 0) is 17.7 Å². The van der Waals surface area contributed by atoms with E-state index in [9.17, 15) is 9.00 Å². The number of carbonyl (C=O) groups is 1. The van der Waals surface area contributed by atoms with Crippen LogP contribution in [0.5, 0.6) is 0 Å². The predicted molar refractivity (Wildman–Crippen MR) is 90.9 cm³/mol. The molecule has 2 amide bonds. The third kappa shape index (κ3) is 3.96. The lowest BCUT2D eigenvalue weighted by Crippen LogP contribution is -2.34. The summed E-state index contributed by atoms with van der Waals surface area (Å²) in [7, 11) is -0.985. The van der Waals surface area contributed by atoms with Crippen molar-refractivity contribution in [1.82, 2.24) is 20.0 Å². The number of amides is 2. The van der Waals surface area contributed by atoms with Gasteiger partial charge in [-0.25, -0.2) is 9.78 Å². The first-order valence-electron chi connectivity index (χ1n) is 6.97. The zero-order valence-corrected chi connectivity index (χ0v) is 14.1. The van der Waals surface area contributed by atoms with Gasteiger partial charge in [-0.2, -0.15) is 0 Å². The van der Waals surface area contributed by atoms with E-state index in [0.29, 0.717) is 13.1 Å². The summed E-state index contributed by atoms with van der Waals surface area (Å²) in [5, 5.41) is 7.53. The van der Waals surface area contributed by atoms with E-state index in [1.54, 1.807) is 17.6 Å². The minimum absolute atomic E-state index is 0.246. The zero-order chi connectivity index (χ0) is 16.2. The van der Waals surface area contributed by atoms with Crippen molar-refractivity contribution in [3.63, 3.8) is 0 Å². The van der Waals surface area contributed by atoms with Crippen molar-refractivity contribution in [3.05, 3.63) is 53.3 Å². The highest BCUT2D eigenvalue weighted by Gasteiger charge is 2.05. The van der Waals surface area contributed by atoms with Crippen molar-refractivity contribution >= 4 is 33.1 Å². The normalized spacial score (nSPS) is 12.2. The van der Waals surface area contributed by atoms with Crippen LogP contribution in [0.25, 0.3) is 4.96 Å². The quantitative estimate of drug-likeness (QED) is 0.742. The van der Waals surface area contributed by atoms with Crippen LogP contribution in [0.2, 0.25) is 0 Å². The van der Waals surface area contributed by atoms with Gasteiger partial charge in [-0.1, -0.05) is 12.1 Å². The number of fused-ring (bicyclic) bond motifs is 1. The average molecular weight is 348 g/mol. The number of aromatic nitrogens is 2. The van der Waals surface area contributed by atoms with Crippen molar-refractivity contribution in [2.24, 2.45) is 0 Å². The smallest absolute Gasteiger partial charge is 0.315 e. The minimum Gasteiger partial charge on any atom is -0.334 e. The lowest BCUT2D eigenvalue weighted by molar-refractivity contribution is 0.240. The molecule has 0 aliphatic rings. The largest absolute Gasteiger partial charge is 0.334 e. The molecule has 0 aliphatic heterocycles. The molecule has 1 aromatic carbocycles. The second-order valence-electron chi connectivity index (χ2n) is 4.96. The number of hydrogen-bond donors (Lipinski definition) is 2. The molecule has 3 rings (SSSR count). The highest BCUT2D eigenvalue weighted by molar-refractivity contribution is 7.84. The Morgan fingerprint density at radius 3 is 2.70 bits per heavy atom. The maximum atomic E-state index is 11.8. The van der Waals surface area contributed by atoms with E-state index >= 15 is 0 Å². The number of nitrogens with one attached hydrogen (secondary N) is 2. The van der Waals surface area contributed by atoms with Crippen LogP contribution in [-0.2, 0) is 23.9 Å². The second-order valence-corrected chi connectivity index (χ2v) is 7.21. The van der Waals surface area contributed by atoms with Gasteiger partial charge < -0.3 is 10.6 Å². The Morgan fingerprint density at radius 1 is 1.26 bits per heavy atom. The van der Waals surface area contributed by atoms with Gasteiger partial charge in [0.15, 0.2) is 4.96 Å². The average Bonchev–Trinajstić information content (AvgIpc) is 3.12. The minimum atomic E-state index is -0.985. The van der Waals surface area contributed by atoms with Gasteiger partial charge in [-0.3, -0.25) is 8.61 Å². The molecular formula is C15H16N4O2S2. The van der Waals surface area contributed by atoms with Gasteiger partial charge in [0.2, 0.25) is 0 Å². The summed E-state index contributed by atoms with van der Waals surface area (Å²) in [4.78, 5) is 17.9. The molecule has 0 saturated heterocycles. The van der Waals surface area contributed by atoms with Crippen LogP contribution >= 0.6 is 11.3 Å². The molecule has 1 atom stereocenters. The van der Waals surface area contributed by atoms with Crippen LogP contribution in [-0.4, -0.2) is 25.9 Å². The number of rotatable bonds is 5. The molecule has 0 saturated carbocycles. The van der Waals surface area contributed by atoms with Crippen LogP contribution in [0, 0.1) is 0 Å². The standard InChI is InChI=1S/C15H16N4O2S2/c1-23(21)13-4-2-11(3-5-13)8-16-14(20)17-9-12-10-19-6-7-22-15(19)18-12/h2-7,10H,8-9H2,1H3,(H2,16,17,20)/t23-/m0/s1. The van der Waals surface area contributed by atoms with Crippen LogP contribution in [0.15, 0.2) is 46.9 Å². The van der Waals surface area contributed by atoms with E-state index in [1.165, 1.54) is 0 Å². The summed E-state index contributed by atoms with van der Waals surface area (Å²) < 4.78 is 13.2. The first-order valence-corrected chi connectivity index (χ1v) is 9.41. The van der Waals surface area contributed by atoms with Crippen LogP contribution in [0.1, 0.15) is 11.3 Å². The summed E-state index contributed by atoms with van der Waals surface area (Å²) in [6.07, 6.45) is 5.47. The van der Waals surface area contributed by atoms with Gasteiger partial charge in [-0.15, -0.1) is 11.3 Å². The second kappa shape index (κ2) is 6.93. The van der Waals surface area contributed by atoms with Crippen molar-refractivity contribution in [2.75, 3.05) is 6.26 Å². The maximum Gasteiger partial charge on any atom is 0.315 e. The summed E-state index contributed by atoms with van der Waals surface area (Å²) in [6.45, 7) is 0.800. The Bertz CT molecular complexity index is 810. The number of imidazole rings is 1. The molecule has 0 spiro atoms. The van der Waals surface area contributed by atoms with Gasteiger partial charge in [0, 0.05) is 46.3 Å². The molecule has 120 valence electrons. The van der Waals surface area contributed by atoms with Gasteiger partial charge in [0.05, 0.1) is 12.2 Å². The van der Waals surface area contributed by atoms with E-state index < -0.39 is 10.8 Å². The summed E-state index contributed by atoms with van der Waals surface area (Å²) >= 11 is 1.55.